The van der Waals surface area contributed by atoms with Gasteiger partial charge in [-0.1, -0.05) is 5.16 Å². The van der Waals surface area contributed by atoms with Crippen LogP contribution in [0.15, 0.2) is 27.3 Å². The molecule has 0 saturated heterocycles. The largest absolute Gasteiger partial charge is 0.469 e. The van der Waals surface area contributed by atoms with E-state index in [1.54, 1.807) is 24.9 Å². The maximum atomic E-state index is 12.0. The Morgan fingerprint density at radius 3 is 2.76 bits per heavy atom. The molecular formula is C12H14N2O3. The fourth-order valence-electron chi connectivity index (χ4n) is 1.62. The lowest BCUT2D eigenvalue weighted by atomic mass is 10.2. The Hall–Kier alpha value is -2.04. The van der Waals surface area contributed by atoms with Crippen molar-refractivity contribution in [1.82, 2.24) is 10.1 Å². The molecule has 0 radical (unpaired) electrons. The first-order chi connectivity index (χ1) is 8.08. The highest BCUT2D eigenvalue weighted by molar-refractivity contribution is 5.94. The molecule has 0 bridgehead atoms. The Labute approximate surface area is 99.0 Å². The molecule has 2 rings (SSSR count). The first-order valence-electron chi connectivity index (χ1n) is 5.29. The Balaban J connectivity index is 2.08. The second kappa shape index (κ2) is 4.45. The van der Waals surface area contributed by atoms with Gasteiger partial charge in [-0.25, -0.2) is 0 Å². The zero-order valence-electron chi connectivity index (χ0n) is 10.1. The molecule has 2 heterocycles. The second-order valence-electron chi connectivity index (χ2n) is 3.98. The smallest absolute Gasteiger partial charge is 0.257 e. The van der Waals surface area contributed by atoms with Crippen molar-refractivity contribution in [1.29, 1.82) is 0 Å². The van der Waals surface area contributed by atoms with E-state index in [4.69, 9.17) is 8.94 Å². The van der Waals surface area contributed by atoms with Crippen LogP contribution in [0.3, 0.4) is 0 Å². The van der Waals surface area contributed by atoms with E-state index < -0.39 is 0 Å². The van der Waals surface area contributed by atoms with E-state index in [1.807, 2.05) is 13.0 Å². The molecule has 0 N–H and O–H groups in total. The van der Waals surface area contributed by atoms with Crippen molar-refractivity contribution >= 4 is 5.91 Å². The zero-order valence-corrected chi connectivity index (χ0v) is 10.1. The summed E-state index contributed by atoms with van der Waals surface area (Å²) in [5.74, 6) is 1.27. The minimum Gasteiger partial charge on any atom is -0.469 e. The van der Waals surface area contributed by atoms with Gasteiger partial charge in [0, 0.05) is 13.1 Å². The highest BCUT2D eigenvalue weighted by Crippen LogP contribution is 2.13. The van der Waals surface area contributed by atoms with Crippen LogP contribution >= 0.6 is 0 Å². The number of hydrogen-bond acceptors (Lipinski definition) is 4. The van der Waals surface area contributed by atoms with Crippen LogP contribution in [-0.2, 0) is 6.54 Å². The molecule has 5 heteroatoms. The molecule has 0 spiro atoms. The molecule has 0 aliphatic carbocycles. The number of rotatable bonds is 3. The lowest BCUT2D eigenvalue weighted by Gasteiger charge is -2.14. The number of amides is 1. The summed E-state index contributed by atoms with van der Waals surface area (Å²) >= 11 is 0. The van der Waals surface area contributed by atoms with Gasteiger partial charge in [0.15, 0.2) is 0 Å². The number of hydrogen-bond donors (Lipinski definition) is 0. The average molecular weight is 234 g/mol. The molecular weight excluding hydrogens is 220 g/mol. The Morgan fingerprint density at radius 2 is 2.24 bits per heavy atom. The molecule has 0 aliphatic heterocycles. The van der Waals surface area contributed by atoms with Gasteiger partial charge in [-0.2, -0.15) is 0 Å². The summed E-state index contributed by atoms with van der Waals surface area (Å²) in [4.78, 5) is 13.6. The third-order valence-corrected chi connectivity index (χ3v) is 2.51. The number of carbonyl (C=O) groups excluding carboxylic acids is 1. The van der Waals surface area contributed by atoms with E-state index in [2.05, 4.69) is 5.16 Å². The van der Waals surface area contributed by atoms with Gasteiger partial charge < -0.3 is 13.8 Å². The number of furan rings is 1. The van der Waals surface area contributed by atoms with E-state index in [1.165, 1.54) is 6.26 Å². The average Bonchev–Trinajstić information content (AvgIpc) is 2.86. The number of aryl methyl sites for hydroxylation is 2. The van der Waals surface area contributed by atoms with Crippen molar-refractivity contribution in [3.63, 3.8) is 0 Å². The number of nitrogens with zero attached hydrogens (tertiary/aromatic N) is 2. The van der Waals surface area contributed by atoms with Gasteiger partial charge in [0.25, 0.3) is 5.91 Å². The first-order valence-corrected chi connectivity index (χ1v) is 5.29. The van der Waals surface area contributed by atoms with Crippen LogP contribution in [0.1, 0.15) is 27.6 Å². The van der Waals surface area contributed by atoms with Crippen molar-refractivity contribution in [2.75, 3.05) is 7.05 Å². The van der Waals surface area contributed by atoms with Crippen molar-refractivity contribution in [3.05, 3.63) is 41.2 Å². The van der Waals surface area contributed by atoms with Crippen LogP contribution in [0.4, 0.5) is 0 Å². The van der Waals surface area contributed by atoms with Crippen LogP contribution in [0.5, 0.6) is 0 Å². The van der Waals surface area contributed by atoms with Crippen LogP contribution < -0.4 is 0 Å². The highest BCUT2D eigenvalue weighted by atomic mass is 16.5. The Morgan fingerprint density at radius 1 is 1.47 bits per heavy atom. The Kier molecular flexibility index (Phi) is 2.99. The van der Waals surface area contributed by atoms with Gasteiger partial charge in [-0.15, -0.1) is 0 Å². The van der Waals surface area contributed by atoms with Gasteiger partial charge in [0.05, 0.1) is 18.4 Å². The van der Waals surface area contributed by atoms with E-state index in [0.717, 1.165) is 11.5 Å². The summed E-state index contributed by atoms with van der Waals surface area (Å²) in [6.45, 7) is 4.00. The molecule has 0 unspecified atom stereocenters. The third-order valence-electron chi connectivity index (χ3n) is 2.51. The molecule has 0 saturated carbocycles. The van der Waals surface area contributed by atoms with Gasteiger partial charge in [-0.05, 0) is 19.9 Å². The molecule has 2 aromatic heterocycles. The van der Waals surface area contributed by atoms with Crippen LogP contribution in [0.25, 0.3) is 0 Å². The van der Waals surface area contributed by atoms with Gasteiger partial charge >= 0.3 is 0 Å². The van der Waals surface area contributed by atoms with Gasteiger partial charge in [0.1, 0.15) is 17.2 Å². The fourth-order valence-corrected chi connectivity index (χ4v) is 1.62. The lowest BCUT2D eigenvalue weighted by Crippen LogP contribution is -2.26. The standard InChI is InChI=1S/C12H14N2O3/c1-8-6-10(13-17-8)7-14(3)12(15)11-4-5-16-9(11)2/h4-6H,7H2,1-3H3. The van der Waals surface area contributed by atoms with Crippen molar-refractivity contribution < 1.29 is 13.7 Å². The zero-order chi connectivity index (χ0) is 12.4. The predicted molar refractivity (Wildman–Crippen MR) is 60.5 cm³/mol. The monoisotopic (exact) mass is 234 g/mol. The number of aromatic nitrogens is 1. The summed E-state index contributed by atoms with van der Waals surface area (Å²) in [6.07, 6.45) is 1.51. The molecule has 5 nitrogen and oxygen atoms in total. The SMILES string of the molecule is Cc1cc(CN(C)C(=O)c2ccoc2C)no1. The fraction of sp³-hybridized carbons (Fsp3) is 0.333. The van der Waals surface area contributed by atoms with Crippen LogP contribution in [-0.4, -0.2) is 23.0 Å². The van der Waals surface area contributed by atoms with E-state index in [-0.39, 0.29) is 5.91 Å². The highest BCUT2D eigenvalue weighted by Gasteiger charge is 2.17. The minimum atomic E-state index is -0.0862. The van der Waals surface area contributed by atoms with E-state index in [0.29, 0.717) is 17.9 Å². The van der Waals surface area contributed by atoms with Crippen molar-refractivity contribution in [2.45, 2.75) is 20.4 Å². The summed E-state index contributed by atoms with van der Waals surface area (Å²) < 4.78 is 10.1. The van der Waals surface area contributed by atoms with Gasteiger partial charge in [0.2, 0.25) is 0 Å². The maximum Gasteiger partial charge on any atom is 0.257 e. The first kappa shape index (κ1) is 11.4. The van der Waals surface area contributed by atoms with Crippen LogP contribution in [0.2, 0.25) is 0 Å². The quantitative estimate of drug-likeness (QED) is 0.816. The molecule has 17 heavy (non-hydrogen) atoms. The third kappa shape index (κ3) is 2.38. The number of carbonyl (C=O) groups is 1. The summed E-state index contributed by atoms with van der Waals surface area (Å²) in [5, 5.41) is 3.85. The maximum absolute atomic E-state index is 12.0. The normalized spacial score (nSPS) is 10.5. The summed E-state index contributed by atoms with van der Waals surface area (Å²) in [6, 6.07) is 3.48. The molecule has 0 aromatic carbocycles. The van der Waals surface area contributed by atoms with Crippen LogP contribution in [0, 0.1) is 13.8 Å². The molecule has 0 atom stereocenters. The Bertz CT molecular complexity index is 527. The van der Waals surface area contributed by atoms with E-state index in [9.17, 15) is 4.79 Å². The molecule has 90 valence electrons. The lowest BCUT2D eigenvalue weighted by molar-refractivity contribution is 0.0780. The summed E-state index contributed by atoms with van der Waals surface area (Å²) in [5.41, 5.74) is 1.31. The summed E-state index contributed by atoms with van der Waals surface area (Å²) in [7, 11) is 1.72. The molecule has 1 amide bonds. The molecule has 0 aliphatic rings. The minimum absolute atomic E-state index is 0.0862. The second-order valence-corrected chi connectivity index (χ2v) is 3.98. The topological polar surface area (TPSA) is 59.5 Å². The van der Waals surface area contributed by atoms with Crippen molar-refractivity contribution in [3.8, 4) is 0 Å². The predicted octanol–water partition coefficient (Wildman–Crippen LogP) is 2.16. The van der Waals surface area contributed by atoms with Crippen molar-refractivity contribution in [2.24, 2.45) is 0 Å². The molecule has 0 fully saturated rings. The van der Waals surface area contributed by atoms with E-state index >= 15 is 0 Å². The van der Waals surface area contributed by atoms with Gasteiger partial charge in [-0.3, -0.25) is 4.79 Å². The molecule has 2 aromatic rings.